The Bertz CT molecular complexity index is 422. The van der Waals surface area contributed by atoms with Crippen molar-refractivity contribution in [2.24, 2.45) is 11.0 Å². The lowest BCUT2D eigenvalue weighted by Gasteiger charge is -2.03. The van der Waals surface area contributed by atoms with Crippen molar-refractivity contribution >= 4 is 12.1 Å². The summed E-state index contributed by atoms with van der Waals surface area (Å²) in [6, 6.07) is 7.63. The summed E-state index contributed by atoms with van der Waals surface area (Å²) in [5, 5.41) is 3.93. The third kappa shape index (κ3) is 3.87. The topological polar surface area (TPSA) is 50.7 Å². The van der Waals surface area contributed by atoms with E-state index in [2.05, 4.69) is 17.5 Å². The molecule has 2 rings (SSSR count). The number of carbonyl (C=O) groups excluding carboxylic acids is 1. The summed E-state index contributed by atoms with van der Waals surface area (Å²) in [6.45, 7) is 2.80. The predicted octanol–water partition coefficient (Wildman–Crippen LogP) is 2.34. The molecule has 96 valence electrons. The molecule has 4 heteroatoms. The van der Waals surface area contributed by atoms with E-state index in [-0.39, 0.29) is 11.8 Å². The summed E-state index contributed by atoms with van der Waals surface area (Å²) in [4.78, 5) is 11.3. The molecule has 0 heterocycles. The van der Waals surface area contributed by atoms with Crippen LogP contribution in [0.1, 0.15) is 31.7 Å². The summed E-state index contributed by atoms with van der Waals surface area (Å²) in [7, 11) is 0. The third-order valence-corrected chi connectivity index (χ3v) is 2.69. The molecule has 0 unspecified atom stereocenters. The number of benzene rings is 1. The monoisotopic (exact) mass is 246 g/mol. The van der Waals surface area contributed by atoms with Crippen LogP contribution in [0.3, 0.4) is 0 Å². The smallest absolute Gasteiger partial charge is 0.243 e. The molecule has 0 atom stereocenters. The zero-order valence-corrected chi connectivity index (χ0v) is 10.6. The zero-order chi connectivity index (χ0) is 12.8. The van der Waals surface area contributed by atoms with E-state index in [1.165, 1.54) is 0 Å². The third-order valence-electron chi connectivity index (χ3n) is 2.69. The van der Waals surface area contributed by atoms with Crippen molar-refractivity contribution in [2.45, 2.75) is 26.2 Å². The van der Waals surface area contributed by atoms with Gasteiger partial charge in [-0.2, -0.15) is 5.10 Å². The van der Waals surface area contributed by atoms with E-state index in [0.29, 0.717) is 0 Å². The molecule has 1 N–H and O–H groups in total. The fraction of sp³-hybridized carbons (Fsp3) is 0.429. The van der Waals surface area contributed by atoms with Crippen molar-refractivity contribution in [1.82, 2.24) is 5.43 Å². The normalized spacial score (nSPS) is 14.7. The number of rotatable bonds is 6. The Morgan fingerprint density at radius 1 is 1.44 bits per heavy atom. The maximum Gasteiger partial charge on any atom is 0.243 e. The number of hydrogen-bond donors (Lipinski definition) is 1. The van der Waals surface area contributed by atoms with Crippen LogP contribution in [-0.4, -0.2) is 18.7 Å². The summed E-state index contributed by atoms with van der Waals surface area (Å²) >= 11 is 0. The largest absolute Gasteiger partial charge is 0.494 e. The minimum absolute atomic E-state index is 0.0224. The lowest BCUT2D eigenvalue weighted by Crippen LogP contribution is -2.18. The first-order valence-corrected chi connectivity index (χ1v) is 6.35. The van der Waals surface area contributed by atoms with E-state index in [0.717, 1.165) is 37.2 Å². The zero-order valence-electron chi connectivity index (χ0n) is 10.6. The summed E-state index contributed by atoms with van der Waals surface area (Å²) in [5.74, 6) is 1.07. The lowest BCUT2D eigenvalue weighted by atomic mass is 10.2. The van der Waals surface area contributed by atoms with Crippen molar-refractivity contribution in [3.05, 3.63) is 29.8 Å². The fourth-order valence-electron chi connectivity index (χ4n) is 1.48. The van der Waals surface area contributed by atoms with Gasteiger partial charge in [0.15, 0.2) is 0 Å². The molecule has 0 aromatic heterocycles. The molecule has 1 aromatic rings. The number of amides is 1. The second-order valence-corrected chi connectivity index (χ2v) is 4.43. The predicted molar refractivity (Wildman–Crippen MR) is 70.7 cm³/mol. The molecule has 0 spiro atoms. The Balaban J connectivity index is 1.81. The van der Waals surface area contributed by atoms with Crippen molar-refractivity contribution < 1.29 is 9.53 Å². The van der Waals surface area contributed by atoms with Crippen LogP contribution in [0.25, 0.3) is 0 Å². The molecule has 1 fully saturated rings. The van der Waals surface area contributed by atoms with Crippen LogP contribution >= 0.6 is 0 Å². The molecule has 4 nitrogen and oxygen atoms in total. The minimum atomic E-state index is 0.0224. The Labute approximate surface area is 107 Å². The maximum atomic E-state index is 11.3. The van der Waals surface area contributed by atoms with Crippen LogP contribution in [0.4, 0.5) is 0 Å². The average Bonchev–Trinajstić information content (AvgIpc) is 3.22. The van der Waals surface area contributed by atoms with Crippen molar-refractivity contribution in [3.8, 4) is 5.75 Å². The van der Waals surface area contributed by atoms with Crippen LogP contribution in [0.5, 0.6) is 5.75 Å². The van der Waals surface area contributed by atoms with Gasteiger partial charge in [0.1, 0.15) is 5.75 Å². The molecule has 0 bridgehead atoms. The van der Waals surface area contributed by atoms with Crippen molar-refractivity contribution in [3.63, 3.8) is 0 Å². The summed E-state index contributed by atoms with van der Waals surface area (Å²) in [6.07, 6.45) is 4.62. The quantitative estimate of drug-likeness (QED) is 0.618. The molecular formula is C14H18N2O2. The summed E-state index contributed by atoms with van der Waals surface area (Å²) in [5.41, 5.74) is 3.48. The van der Waals surface area contributed by atoms with Crippen LogP contribution in [0.15, 0.2) is 29.4 Å². The lowest BCUT2D eigenvalue weighted by molar-refractivity contribution is -0.122. The highest BCUT2D eigenvalue weighted by molar-refractivity contribution is 5.84. The Kier molecular flexibility index (Phi) is 4.34. The summed E-state index contributed by atoms with van der Waals surface area (Å²) < 4.78 is 5.48. The van der Waals surface area contributed by atoms with Gasteiger partial charge in [0.05, 0.1) is 12.8 Å². The van der Waals surface area contributed by atoms with Gasteiger partial charge in [0.25, 0.3) is 0 Å². The van der Waals surface area contributed by atoms with E-state index in [1.54, 1.807) is 6.21 Å². The SMILES string of the molecule is CCCOc1ccc(C=NNC(=O)C2CC2)cc1. The van der Waals surface area contributed by atoms with E-state index < -0.39 is 0 Å². The molecule has 18 heavy (non-hydrogen) atoms. The Morgan fingerprint density at radius 2 is 2.17 bits per heavy atom. The second kappa shape index (κ2) is 6.19. The number of ether oxygens (including phenoxy) is 1. The number of nitrogens with one attached hydrogen (secondary N) is 1. The van der Waals surface area contributed by atoms with Gasteiger partial charge in [-0.1, -0.05) is 6.92 Å². The molecular weight excluding hydrogens is 228 g/mol. The maximum absolute atomic E-state index is 11.3. The van der Waals surface area contributed by atoms with Crippen molar-refractivity contribution in [1.29, 1.82) is 0 Å². The highest BCUT2D eigenvalue weighted by atomic mass is 16.5. The molecule has 1 amide bonds. The van der Waals surface area contributed by atoms with Gasteiger partial charge >= 0.3 is 0 Å². The molecule has 1 aliphatic carbocycles. The van der Waals surface area contributed by atoms with Gasteiger partial charge in [-0.05, 0) is 49.1 Å². The first-order chi connectivity index (χ1) is 8.79. The van der Waals surface area contributed by atoms with E-state index in [9.17, 15) is 4.79 Å². The highest BCUT2D eigenvalue weighted by Crippen LogP contribution is 2.28. The first-order valence-electron chi connectivity index (χ1n) is 6.35. The number of hydrogen-bond acceptors (Lipinski definition) is 3. The molecule has 1 saturated carbocycles. The van der Waals surface area contributed by atoms with Gasteiger partial charge in [-0.15, -0.1) is 0 Å². The van der Waals surface area contributed by atoms with E-state index in [1.807, 2.05) is 24.3 Å². The van der Waals surface area contributed by atoms with Crippen LogP contribution in [0, 0.1) is 5.92 Å². The van der Waals surface area contributed by atoms with Gasteiger partial charge in [-0.25, -0.2) is 5.43 Å². The molecule has 0 aliphatic heterocycles. The van der Waals surface area contributed by atoms with Gasteiger partial charge in [0, 0.05) is 5.92 Å². The van der Waals surface area contributed by atoms with Gasteiger partial charge in [0.2, 0.25) is 5.91 Å². The first kappa shape index (κ1) is 12.6. The van der Waals surface area contributed by atoms with E-state index >= 15 is 0 Å². The van der Waals surface area contributed by atoms with E-state index in [4.69, 9.17) is 4.74 Å². The van der Waals surface area contributed by atoms with Gasteiger partial charge in [-0.3, -0.25) is 4.79 Å². The fourth-order valence-corrected chi connectivity index (χ4v) is 1.48. The van der Waals surface area contributed by atoms with Crippen LogP contribution < -0.4 is 10.2 Å². The number of carbonyl (C=O) groups is 1. The van der Waals surface area contributed by atoms with Gasteiger partial charge < -0.3 is 4.74 Å². The molecule has 1 aromatic carbocycles. The minimum Gasteiger partial charge on any atom is -0.494 e. The number of nitrogens with zero attached hydrogens (tertiary/aromatic N) is 1. The molecule has 0 saturated heterocycles. The van der Waals surface area contributed by atoms with Crippen LogP contribution in [0.2, 0.25) is 0 Å². The average molecular weight is 246 g/mol. The number of hydrazone groups is 1. The Hall–Kier alpha value is -1.84. The second-order valence-electron chi connectivity index (χ2n) is 4.43. The highest BCUT2D eigenvalue weighted by Gasteiger charge is 2.29. The van der Waals surface area contributed by atoms with Crippen LogP contribution in [-0.2, 0) is 4.79 Å². The standard InChI is InChI=1S/C14H18N2O2/c1-2-9-18-13-7-3-11(4-8-13)10-15-16-14(17)12-5-6-12/h3-4,7-8,10,12H,2,5-6,9H2,1H3,(H,16,17). The Morgan fingerprint density at radius 3 is 2.78 bits per heavy atom. The molecule has 0 radical (unpaired) electrons. The van der Waals surface area contributed by atoms with Crippen molar-refractivity contribution in [2.75, 3.05) is 6.61 Å². The molecule has 1 aliphatic rings.